The van der Waals surface area contributed by atoms with E-state index in [1.807, 2.05) is 35.8 Å². The van der Waals surface area contributed by atoms with Crippen LogP contribution in [-0.2, 0) is 6.54 Å². The van der Waals surface area contributed by atoms with Crippen molar-refractivity contribution in [3.8, 4) is 5.75 Å². The molecule has 0 fully saturated rings. The zero-order valence-corrected chi connectivity index (χ0v) is 16.3. The lowest BCUT2D eigenvalue weighted by atomic mass is 10.2. The number of thiazole rings is 2. The Labute approximate surface area is 158 Å². The van der Waals surface area contributed by atoms with Gasteiger partial charge in [-0.25, -0.2) is 4.98 Å². The van der Waals surface area contributed by atoms with Crippen LogP contribution in [0.25, 0.3) is 20.4 Å². The largest absolute Gasteiger partial charge is 0.495 e. The molecule has 26 heavy (non-hydrogen) atoms. The average molecular weight is 383 g/mol. The first-order valence-corrected chi connectivity index (χ1v) is 9.91. The summed E-state index contributed by atoms with van der Waals surface area (Å²) in [4.78, 5) is 22.1. The lowest BCUT2D eigenvalue weighted by molar-refractivity contribution is 0.0998. The van der Waals surface area contributed by atoms with E-state index in [0.717, 1.165) is 31.7 Å². The number of hydrogen-bond donors (Lipinski definition) is 0. The number of rotatable bonds is 3. The van der Waals surface area contributed by atoms with Crippen LogP contribution in [0, 0.1) is 6.92 Å². The van der Waals surface area contributed by atoms with Crippen LogP contribution in [0.2, 0.25) is 0 Å². The maximum atomic E-state index is 12.7. The molecule has 0 radical (unpaired) electrons. The summed E-state index contributed by atoms with van der Waals surface area (Å²) in [5.74, 6) is 0.550. The van der Waals surface area contributed by atoms with Gasteiger partial charge in [0.1, 0.15) is 11.3 Å². The third kappa shape index (κ3) is 2.73. The van der Waals surface area contributed by atoms with Crippen molar-refractivity contribution in [3.63, 3.8) is 0 Å². The molecule has 1 amide bonds. The highest BCUT2D eigenvalue weighted by molar-refractivity contribution is 7.17. The third-order valence-electron chi connectivity index (χ3n) is 4.30. The van der Waals surface area contributed by atoms with Crippen molar-refractivity contribution >= 4 is 49.0 Å². The molecule has 2 heterocycles. The van der Waals surface area contributed by atoms with Crippen LogP contribution in [0.3, 0.4) is 0 Å². The molecule has 2 aromatic heterocycles. The maximum absolute atomic E-state index is 12.7. The summed E-state index contributed by atoms with van der Waals surface area (Å²) in [6.07, 6.45) is 0. The Hall–Kier alpha value is -2.51. The zero-order valence-electron chi connectivity index (χ0n) is 14.6. The SMILES string of the molecule is CCn1c(=NC(=O)c2ccc3ncsc3c2)sc2c(C)ccc(OC)c21. The van der Waals surface area contributed by atoms with Crippen molar-refractivity contribution in [1.29, 1.82) is 0 Å². The molecule has 5 nitrogen and oxygen atoms in total. The van der Waals surface area contributed by atoms with Crippen molar-refractivity contribution in [2.45, 2.75) is 20.4 Å². The quantitative estimate of drug-likeness (QED) is 0.527. The average Bonchev–Trinajstić information content (AvgIpc) is 3.26. The molecule has 4 rings (SSSR count). The number of ether oxygens (including phenoxy) is 1. The van der Waals surface area contributed by atoms with Crippen molar-refractivity contribution in [3.05, 3.63) is 51.8 Å². The highest BCUT2D eigenvalue weighted by Crippen LogP contribution is 2.30. The van der Waals surface area contributed by atoms with Crippen molar-refractivity contribution < 1.29 is 9.53 Å². The fourth-order valence-corrected chi connectivity index (χ4v) is 4.86. The van der Waals surface area contributed by atoms with Gasteiger partial charge in [-0.15, -0.1) is 11.3 Å². The summed E-state index contributed by atoms with van der Waals surface area (Å²) in [6, 6.07) is 9.49. The van der Waals surface area contributed by atoms with E-state index in [4.69, 9.17) is 4.74 Å². The molecule has 0 aliphatic rings. The summed E-state index contributed by atoms with van der Waals surface area (Å²) in [7, 11) is 1.66. The van der Waals surface area contributed by atoms with Gasteiger partial charge < -0.3 is 9.30 Å². The van der Waals surface area contributed by atoms with Crippen LogP contribution in [-0.4, -0.2) is 22.6 Å². The normalized spacial score (nSPS) is 12.2. The molecule has 132 valence electrons. The summed E-state index contributed by atoms with van der Waals surface area (Å²) in [5, 5.41) is 0. The topological polar surface area (TPSA) is 56.5 Å². The Morgan fingerprint density at radius 2 is 2.15 bits per heavy atom. The third-order valence-corrected chi connectivity index (χ3v) is 6.30. The Morgan fingerprint density at radius 3 is 2.92 bits per heavy atom. The minimum absolute atomic E-state index is 0.245. The van der Waals surface area contributed by atoms with Gasteiger partial charge in [0.15, 0.2) is 4.80 Å². The number of carbonyl (C=O) groups is 1. The van der Waals surface area contributed by atoms with Gasteiger partial charge >= 0.3 is 0 Å². The Bertz CT molecular complexity index is 1200. The molecule has 0 aliphatic heterocycles. The maximum Gasteiger partial charge on any atom is 0.279 e. The second-order valence-electron chi connectivity index (χ2n) is 5.84. The first kappa shape index (κ1) is 16.9. The van der Waals surface area contributed by atoms with Gasteiger partial charge in [-0.2, -0.15) is 4.99 Å². The second kappa shape index (κ2) is 6.66. The van der Waals surface area contributed by atoms with Crippen LogP contribution in [0.15, 0.2) is 40.8 Å². The minimum Gasteiger partial charge on any atom is -0.495 e. The smallest absolute Gasteiger partial charge is 0.279 e. The molecular formula is C19H17N3O2S2. The molecule has 0 aliphatic carbocycles. The summed E-state index contributed by atoms with van der Waals surface area (Å²) >= 11 is 3.04. The minimum atomic E-state index is -0.245. The van der Waals surface area contributed by atoms with Crippen molar-refractivity contribution in [2.24, 2.45) is 4.99 Å². The standard InChI is InChI=1S/C19H17N3O2S2/c1-4-22-16-14(24-3)8-5-11(2)17(16)26-19(22)21-18(23)12-6-7-13-15(9-12)25-10-20-13/h5-10H,4H2,1-3H3. The van der Waals surface area contributed by atoms with Crippen LogP contribution in [0.1, 0.15) is 22.8 Å². The van der Waals surface area contributed by atoms with Gasteiger partial charge in [0, 0.05) is 12.1 Å². The highest BCUT2D eigenvalue weighted by Gasteiger charge is 2.14. The van der Waals surface area contributed by atoms with E-state index in [2.05, 4.69) is 16.9 Å². The van der Waals surface area contributed by atoms with Gasteiger partial charge in [-0.3, -0.25) is 4.79 Å². The lowest BCUT2D eigenvalue weighted by Gasteiger charge is -2.07. The fraction of sp³-hybridized carbons (Fsp3) is 0.211. The Kier molecular flexibility index (Phi) is 4.34. The van der Waals surface area contributed by atoms with E-state index >= 15 is 0 Å². The molecule has 0 atom stereocenters. The van der Waals surface area contributed by atoms with Crippen LogP contribution < -0.4 is 9.54 Å². The molecule has 0 N–H and O–H groups in total. The number of aromatic nitrogens is 2. The number of amides is 1. The monoisotopic (exact) mass is 383 g/mol. The van der Waals surface area contributed by atoms with Gasteiger partial charge in [0.05, 0.1) is 27.5 Å². The summed E-state index contributed by atoms with van der Waals surface area (Å²) < 4.78 is 9.64. The van der Waals surface area contributed by atoms with Gasteiger partial charge in [0.2, 0.25) is 0 Å². The zero-order chi connectivity index (χ0) is 18.3. The molecular weight excluding hydrogens is 366 g/mol. The molecule has 0 saturated heterocycles. The van der Waals surface area contributed by atoms with E-state index in [9.17, 15) is 4.79 Å². The van der Waals surface area contributed by atoms with Gasteiger partial charge in [0.25, 0.3) is 5.91 Å². The Balaban J connectivity index is 1.89. The Morgan fingerprint density at radius 1 is 1.31 bits per heavy atom. The number of benzene rings is 2. The van der Waals surface area contributed by atoms with E-state index in [-0.39, 0.29) is 5.91 Å². The van der Waals surface area contributed by atoms with Crippen molar-refractivity contribution in [2.75, 3.05) is 7.11 Å². The summed E-state index contributed by atoms with van der Waals surface area (Å²) in [6.45, 7) is 4.81. The first-order chi connectivity index (χ1) is 12.6. The predicted octanol–water partition coefficient (Wildman–Crippen LogP) is 4.39. The summed E-state index contributed by atoms with van der Waals surface area (Å²) in [5.41, 5.74) is 5.39. The van der Waals surface area contributed by atoms with Crippen LogP contribution >= 0.6 is 22.7 Å². The lowest BCUT2D eigenvalue weighted by Crippen LogP contribution is -2.16. The van der Waals surface area contributed by atoms with Crippen LogP contribution in [0.4, 0.5) is 0 Å². The number of methoxy groups -OCH3 is 1. The molecule has 2 aromatic carbocycles. The number of nitrogens with zero attached hydrogens (tertiary/aromatic N) is 3. The fourth-order valence-electron chi connectivity index (χ4n) is 2.96. The van der Waals surface area contributed by atoms with E-state index in [0.29, 0.717) is 16.9 Å². The molecule has 7 heteroatoms. The predicted molar refractivity (Wildman–Crippen MR) is 106 cm³/mol. The molecule has 0 unspecified atom stereocenters. The molecule has 0 bridgehead atoms. The van der Waals surface area contributed by atoms with Crippen LogP contribution in [0.5, 0.6) is 5.75 Å². The van der Waals surface area contributed by atoms with E-state index < -0.39 is 0 Å². The van der Waals surface area contributed by atoms with Gasteiger partial charge in [-0.05, 0) is 43.7 Å². The van der Waals surface area contributed by atoms with Crippen molar-refractivity contribution in [1.82, 2.24) is 9.55 Å². The number of carbonyl (C=O) groups excluding carboxylic acids is 1. The second-order valence-corrected chi connectivity index (χ2v) is 7.71. The highest BCUT2D eigenvalue weighted by atomic mass is 32.1. The van der Waals surface area contributed by atoms with E-state index in [1.165, 1.54) is 22.7 Å². The molecule has 0 saturated carbocycles. The van der Waals surface area contributed by atoms with Gasteiger partial charge in [-0.1, -0.05) is 17.4 Å². The first-order valence-electron chi connectivity index (χ1n) is 8.21. The molecule has 0 spiro atoms. The number of hydrogen-bond acceptors (Lipinski definition) is 5. The number of fused-ring (bicyclic) bond motifs is 2. The number of aryl methyl sites for hydroxylation is 2. The van der Waals surface area contributed by atoms with E-state index in [1.54, 1.807) is 18.7 Å². The molecule has 4 aromatic rings.